The zero-order chi connectivity index (χ0) is 15.2. The van der Waals surface area contributed by atoms with Gasteiger partial charge in [-0.1, -0.05) is 6.07 Å². The largest absolute Gasteiger partial charge is 0.350 e. The molecule has 0 saturated carbocycles. The Kier molecular flexibility index (Phi) is 5.73. The predicted octanol–water partition coefficient (Wildman–Crippen LogP) is 2.31. The summed E-state index contributed by atoms with van der Waals surface area (Å²) >= 11 is 2.08. The number of pyridine rings is 1. The second-order valence-electron chi connectivity index (χ2n) is 6.19. The first-order valence-electron chi connectivity index (χ1n) is 8.32. The minimum atomic E-state index is 0.179. The maximum absolute atomic E-state index is 12.3. The Morgan fingerprint density at radius 1 is 1.23 bits per heavy atom. The van der Waals surface area contributed by atoms with Crippen LogP contribution in [0.5, 0.6) is 0 Å². The molecule has 0 unspecified atom stereocenters. The average molecular weight is 319 g/mol. The van der Waals surface area contributed by atoms with Crippen molar-refractivity contribution in [3.63, 3.8) is 0 Å². The van der Waals surface area contributed by atoms with Crippen LogP contribution in [0, 0.1) is 5.92 Å². The van der Waals surface area contributed by atoms with Crippen LogP contribution in [0.4, 0.5) is 0 Å². The number of carbonyl (C=O) groups is 1. The Bertz CT molecular complexity index is 468. The van der Waals surface area contributed by atoms with Gasteiger partial charge in [0.1, 0.15) is 0 Å². The molecule has 0 radical (unpaired) electrons. The normalized spacial score (nSPS) is 21.6. The number of aromatic nitrogens is 1. The van der Waals surface area contributed by atoms with Gasteiger partial charge in [0.05, 0.1) is 12.2 Å². The Labute approximate surface area is 137 Å². The topological polar surface area (TPSA) is 45.2 Å². The molecule has 3 rings (SSSR count). The molecule has 5 heteroatoms. The van der Waals surface area contributed by atoms with Gasteiger partial charge in [0.25, 0.3) is 0 Å². The van der Waals surface area contributed by atoms with Crippen LogP contribution in [0.3, 0.4) is 0 Å². The maximum Gasteiger partial charge on any atom is 0.223 e. The molecule has 2 fully saturated rings. The monoisotopic (exact) mass is 319 g/mol. The summed E-state index contributed by atoms with van der Waals surface area (Å²) in [5.41, 5.74) is 0.924. The lowest BCUT2D eigenvalue weighted by molar-refractivity contribution is -0.126. The van der Waals surface area contributed by atoms with Gasteiger partial charge in [0, 0.05) is 18.2 Å². The summed E-state index contributed by atoms with van der Waals surface area (Å²) in [5.74, 6) is 2.98. The molecule has 0 spiro atoms. The van der Waals surface area contributed by atoms with Crippen molar-refractivity contribution in [1.82, 2.24) is 15.2 Å². The molecule has 2 aliphatic rings. The van der Waals surface area contributed by atoms with Gasteiger partial charge < -0.3 is 10.2 Å². The molecule has 22 heavy (non-hydrogen) atoms. The van der Waals surface area contributed by atoms with E-state index in [4.69, 9.17) is 0 Å². The smallest absolute Gasteiger partial charge is 0.223 e. The van der Waals surface area contributed by atoms with Crippen molar-refractivity contribution in [2.75, 3.05) is 24.6 Å². The van der Waals surface area contributed by atoms with Crippen LogP contribution < -0.4 is 5.32 Å². The van der Waals surface area contributed by atoms with E-state index in [1.807, 2.05) is 18.2 Å². The molecule has 0 aromatic carbocycles. The van der Waals surface area contributed by atoms with Crippen molar-refractivity contribution >= 4 is 17.7 Å². The Morgan fingerprint density at radius 2 is 2.00 bits per heavy atom. The van der Waals surface area contributed by atoms with Crippen molar-refractivity contribution in [2.45, 2.75) is 38.3 Å². The Hall–Kier alpha value is -1.07. The molecule has 4 nitrogen and oxygen atoms in total. The molecule has 1 aromatic heterocycles. The maximum atomic E-state index is 12.3. The van der Waals surface area contributed by atoms with Crippen LogP contribution in [0.25, 0.3) is 0 Å². The third-order valence-corrected chi connectivity index (χ3v) is 5.83. The predicted molar refractivity (Wildman–Crippen MR) is 90.7 cm³/mol. The van der Waals surface area contributed by atoms with E-state index < -0.39 is 0 Å². The lowest BCUT2D eigenvalue weighted by Crippen LogP contribution is -2.45. The Balaban J connectivity index is 1.41. The van der Waals surface area contributed by atoms with Gasteiger partial charge in [-0.25, -0.2) is 0 Å². The highest BCUT2D eigenvalue weighted by molar-refractivity contribution is 7.99. The summed E-state index contributed by atoms with van der Waals surface area (Å²) in [5, 5.41) is 3.04. The highest BCUT2D eigenvalue weighted by Crippen LogP contribution is 2.26. The van der Waals surface area contributed by atoms with E-state index >= 15 is 0 Å². The van der Waals surface area contributed by atoms with Crippen LogP contribution in [0.15, 0.2) is 24.4 Å². The van der Waals surface area contributed by atoms with Crippen molar-refractivity contribution in [2.24, 2.45) is 5.92 Å². The van der Waals surface area contributed by atoms with Crippen LogP contribution >= 0.6 is 11.8 Å². The van der Waals surface area contributed by atoms with Crippen LogP contribution in [0.1, 0.15) is 31.4 Å². The third kappa shape index (κ3) is 4.23. The number of carbonyl (C=O) groups excluding carboxylic acids is 1. The van der Waals surface area contributed by atoms with Crippen LogP contribution in [-0.4, -0.2) is 46.4 Å². The fourth-order valence-corrected chi connectivity index (χ4v) is 4.48. The third-order valence-electron chi connectivity index (χ3n) is 4.78. The minimum Gasteiger partial charge on any atom is -0.350 e. The number of amides is 1. The second-order valence-corrected chi connectivity index (χ2v) is 7.42. The van der Waals surface area contributed by atoms with E-state index in [-0.39, 0.29) is 11.8 Å². The average Bonchev–Trinajstić information content (AvgIpc) is 2.61. The number of piperidine rings is 1. The number of thioether (sulfide) groups is 1. The zero-order valence-corrected chi connectivity index (χ0v) is 13.9. The van der Waals surface area contributed by atoms with Crippen LogP contribution in [0.2, 0.25) is 0 Å². The first kappa shape index (κ1) is 15.8. The summed E-state index contributed by atoms with van der Waals surface area (Å²) in [7, 11) is 0. The van der Waals surface area contributed by atoms with E-state index in [0.717, 1.165) is 37.7 Å². The Morgan fingerprint density at radius 3 is 2.68 bits per heavy atom. The van der Waals surface area contributed by atoms with Gasteiger partial charge in [-0.3, -0.25) is 9.78 Å². The lowest BCUT2D eigenvalue weighted by Gasteiger charge is -2.38. The molecule has 120 valence electrons. The fourth-order valence-electron chi connectivity index (χ4n) is 3.40. The first-order chi connectivity index (χ1) is 10.8. The molecule has 0 bridgehead atoms. The summed E-state index contributed by atoms with van der Waals surface area (Å²) in [6, 6.07) is 6.56. The second kappa shape index (κ2) is 7.97. The van der Waals surface area contributed by atoms with E-state index in [0.29, 0.717) is 6.54 Å². The van der Waals surface area contributed by atoms with Gasteiger partial charge in [-0.15, -0.1) is 0 Å². The number of hydrogen-bond donors (Lipinski definition) is 1. The lowest BCUT2D eigenvalue weighted by atomic mass is 9.94. The molecule has 3 heterocycles. The highest BCUT2D eigenvalue weighted by atomic mass is 32.2. The standard InChI is InChI=1S/C17H25N3OS/c21-17(19-13-15-3-1-2-8-18-15)14-4-9-20(10-5-14)16-6-11-22-12-7-16/h1-3,8,14,16H,4-7,9-13H2,(H,19,21). The van der Waals surface area contributed by atoms with Crippen molar-refractivity contribution in [1.29, 1.82) is 0 Å². The van der Waals surface area contributed by atoms with E-state index in [1.54, 1.807) is 6.20 Å². The number of nitrogens with zero attached hydrogens (tertiary/aromatic N) is 2. The summed E-state index contributed by atoms with van der Waals surface area (Å²) < 4.78 is 0. The van der Waals surface area contributed by atoms with E-state index in [1.165, 1.54) is 24.3 Å². The zero-order valence-electron chi connectivity index (χ0n) is 13.0. The van der Waals surface area contributed by atoms with Gasteiger partial charge >= 0.3 is 0 Å². The number of hydrogen-bond acceptors (Lipinski definition) is 4. The molecular weight excluding hydrogens is 294 g/mol. The first-order valence-corrected chi connectivity index (χ1v) is 9.48. The molecule has 1 amide bonds. The minimum absolute atomic E-state index is 0.179. The molecular formula is C17H25N3OS. The summed E-state index contributed by atoms with van der Waals surface area (Å²) in [6.07, 6.45) is 6.40. The molecule has 1 N–H and O–H groups in total. The van der Waals surface area contributed by atoms with Gasteiger partial charge in [0.15, 0.2) is 0 Å². The summed E-state index contributed by atoms with van der Waals surface area (Å²) in [6.45, 7) is 2.70. The molecule has 1 aromatic rings. The number of nitrogens with one attached hydrogen (secondary N) is 1. The van der Waals surface area contributed by atoms with Crippen molar-refractivity contribution in [3.8, 4) is 0 Å². The van der Waals surface area contributed by atoms with E-state index in [2.05, 4.69) is 27.0 Å². The SMILES string of the molecule is O=C(NCc1ccccn1)C1CCN(C2CCSCC2)CC1. The van der Waals surface area contributed by atoms with Gasteiger partial charge in [0.2, 0.25) is 5.91 Å². The van der Waals surface area contributed by atoms with Crippen LogP contribution in [-0.2, 0) is 11.3 Å². The van der Waals surface area contributed by atoms with Gasteiger partial charge in [-0.2, -0.15) is 11.8 Å². The van der Waals surface area contributed by atoms with Gasteiger partial charge in [-0.05, 0) is 62.4 Å². The quantitative estimate of drug-likeness (QED) is 0.925. The number of likely N-dealkylation sites (tertiary alicyclic amines) is 1. The van der Waals surface area contributed by atoms with Crippen molar-refractivity contribution in [3.05, 3.63) is 30.1 Å². The highest BCUT2D eigenvalue weighted by Gasteiger charge is 2.29. The molecule has 2 aliphatic heterocycles. The molecule has 2 saturated heterocycles. The number of rotatable bonds is 4. The molecule has 0 aliphatic carbocycles. The van der Waals surface area contributed by atoms with E-state index in [9.17, 15) is 4.79 Å². The summed E-state index contributed by atoms with van der Waals surface area (Å²) in [4.78, 5) is 19.2. The fraction of sp³-hybridized carbons (Fsp3) is 0.647. The molecule has 0 atom stereocenters. The van der Waals surface area contributed by atoms with Crippen molar-refractivity contribution < 1.29 is 4.79 Å².